The van der Waals surface area contributed by atoms with Crippen molar-refractivity contribution in [1.82, 2.24) is 29.8 Å². The molecule has 1 amide bonds. The van der Waals surface area contributed by atoms with E-state index < -0.39 is 17.4 Å². The number of hydrogen-bond donors (Lipinski definition) is 5. The van der Waals surface area contributed by atoms with Crippen LogP contribution in [0.1, 0.15) is 0 Å². The standard InChI is InChI=1S/C14H9N5O3S.C14H12N4O4S/c15-11-9-8(6-23-11)10(12-16-17-14(21)22-12)18-19(13(9)20)7-4-2-1-3-5-7;1-22-8-4-2-7(3-5-8)18-13(19)10-9(6-23-11(10)15)12(17-18)16-14(20)21/h1-6H,15H2,(H,17,21);2-6H,15H2,1H3,(H,16,17)(H,20,21). The Morgan fingerprint density at radius 1 is 0.891 bits per heavy atom. The van der Waals surface area contributed by atoms with Crippen molar-refractivity contribution in [2.24, 2.45) is 0 Å². The van der Waals surface area contributed by atoms with Crippen molar-refractivity contribution in [2.75, 3.05) is 23.9 Å². The van der Waals surface area contributed by atoms with Gasteiger partial charge in [-0.1, -0.05) is 18.2 Å². The molecule has 0 radical (unpaired) electrons. The summed E-state index contributed by atoms with van der Waals surface area (Å²) in [6.45, 7) is 0. The van der Waals surface area contributed by atoms with Crippen LogP contribution in [-0.4, -0.2) is 48.1 Å². The van der Waals surface area contributed by atoms with Crippen LogP contribution < -0.4 is 38.4 Å². The van der Waals surface area contributed by atoms with E-state index in [-0.39, 0.29) is 28.3 Å². The van der Waals surface area contributed by atoms with Crippen LogP contribution in [0.2, 0.25) is 0 Å². The van der Waals surface area contributed by atoms with E-state index in [1.54, 1.807) is 59.3 Å². The number of para-hydroxylation sites is 1. The SMILES string of the molecule is COc1ccc(-n2nc(NC(=O)O)c3csc(N)c3c2=O)cc1.Nc1scc2c(-c3n[nH]c(=O)o3)nn(-c3ccccc3)c(=O)c12. The third-order valence-electron chi connectivity index (χ3n) is 6.55. The molecule has 2 aromatic carbocycles. The highest BCUT2D eigenvalue weighted by molar-refractivity contribution is 7.16. The number of H-pyrrole nitrogens is 1. The van der Waals surface area contributed by atoms with Gasteiger partial charge < -0.3 is 25.7 Å². The first-order chi connectivity index (χ1) is 22.2. The molecule has 0 aliphatic heterocycles. The lowest BCUT2D eigenvalue weighted by Gasteiger charge is -2.09. The molecule has 0 aliphatic rings. The Balaban J connectivity index is 0.000000162. The van der Waals surface area contributed by atoms with Crippen LogP contribution in [0.3, 0.4) is 0 Å². The first kappa shape index (κ1) is 29.8. The second-order valence-corrected chi connectivity index (χ2v) is 11.1. The number of aromatic nitrogens is 6. The highest BCUT2D eigenvalue weighted by Gasteiger charge is 2.20. The van der Waals surface area contributed by atoms with Crippen LogP contribution in [0, 0.1) is 0 Å². The maximum atomic E-state index is 12.7. The maximum Gasteiger partial charge on any atom is 0.434 e. The van der Waals surface area contributed by atoms with Crippen LogP contribution in [0.25, 0.3) is 44.5 Å². The van der Waals surface area contributed by atoms with E-state index >= 15 is 0 Å². The number of nitrogens with one attached hydrogen (secondary N) is 2. The third kappa shape index (κ3) is 5.44. The van der Waals surface area contributed by atoms with Crippen molar-refractivity contribution in [2.45, 2.75) is 0 Å². The van der Waals surface area contributed by atoms with Gasteiger partial charge in [0.15, 0.2) is 11.5 Å². The zero-order valence-corrected chi connectivity index (χ0v) is 25.1. The number of fused-ring (bicyclic) bond motifs is 2. The highest BCUT2D eigenvalue weighted by Crippen LogP contribution is 2.32. The first-order valence-electron chi connectivity index (χ1n) is 13.0. The first-order valence-corrected chi connectivity index (χ1v) is 14.8. The lowest BCUT2D eigenvalue weighted by atomic mass is 10.2. The van der Waals surface area contributed by atoms with Crippen LogP contribution in [-0.2, 0) is 0 Å². The number of thiophene rings is 2. The lowest BCUT2D eigenvalue weighted by Crippen LogP contribution is -2.24. The van der Waals surface area contributed by atoms with E-state index in [9.17, 15) is 19.2 Å². The zero-order valence-electron chi connectivity index (χ0n) is 23.5. The smallest absolute Gasteiger partial charge is 0.434 e. The molecule has 7 aromatic rings. The number of aromatic amines is 1. The van der Waals surface area contributed by atoms with Gasteiger partial charge in [-0.2, -0.15) is 14.5 Å². The minimum Gasteiger partial charge on any atom is -0.497 e. The number of rotatable bonds is 5. The summed E-state index contributed by atoms with van der Waals surface area (Å²) in [6, 6.07) is 15.5. The van der Waals surface area contributed by atoms with Crippen molar-refractivity contribution in [3.63, 3.8) is 0 Å². The van der Waals surface area contributed by atoms with E-state index in [1.165, 1.54) is 23.1 Å². The Hall–Kier alpha value is -6.27. The Morgan fingerprint density at radius 3 is 2.07 bits per heavy atom. The maximum absolute atomic E-state index is 12.7. The molecule has 46 heavy (non-hydrogen) atoms. The predicted octanol–water partition coefficient (Wildman–Crippen LogP) is 3.50. The van der Waals surface area contributed by atoms with Gasteiger partial charge in [0.25, 0.3) is 17.0 Å². The number of amides is 1. The Kier molecular flexibility index (Phi) is 7.78. The molecule has 5 heterocycles. The molecule has 5 aromatic heterocycles. The number of nitrogen functional groups attached to an aromatic ring is 2. The van der Waals surface area contributed by atoms with Gasteiger partial charge in [0, 0.05) is 21.5 Å². The molecule has 0 unspecified atom stereocenters. The predicted molar refractivity (Wildman–Crippen MR) is 174 cm³/mol. The summed E-state index contributed by atoms with van der Waals surface area (Å²) in [5, 5.41) is 30.9. The van der Waals surface area contributed by atoms with E-state index in [4.69, 9.17) is 25.7 Å². The number of ether oxygens (including phenoxy) is 1. The summed E-state index contributed by atoms with van der Waals surface area (Å²) in [5.74, 6) is -0.0178. The van der Waals surface area contributed by atoms with Gasteiger partial charge in [0.1, 0.15) is 5.75 Å². The van der Waals surface area contributed by atoms with E-state index in [0.29, 0.717) is 43.3 Å². The molecular formula is C28H21N9O7S2. The van der Waals surface area contributed by atoms with Gasteiger partial charge in [-0.05, 0) is 36.4 Å². The van der Waals surface area contributed by atoms with Gasteiger partial charge in [0.05, 0.1) is 39.3 Å². The topological polar surface area (TPSA) is 239 Å². The minimum absolute atomic E-state index is 0.00230. The van der Waals surface area contributed by atoms with Crippen LogP contribution >= 0.6 is 22.7 Å². The van der Waals surface area contributed by atoms with Gasteiger partial charge in [-0.25, -0.2) is 14.7 Å². The Bertz CT molecular complexity index is 2410. The molecule has 0 spiro atoms. The summed E-state index contributed by atoms with van der Waals surface area (Å²) in [7, 11) is 1.53. The monoisotopic (exact) mass is 659 g/mol. The molecular weight excluding hydrogens is 638 g/mol. The van der Waals surface area contributed by atoms with E-state index in [0.717, 1.165) is 16.0 Å². The molecule has 0 atom stereocenters. The van der Waals surface area contributed by atoms with Crippen LogP contribution in [0.4, 0.5) is 20.6 Å². The summed E-state index contributed by atoms with van der Waals surface area (Å²) in [6.07, 6.45) is -1.27. The number of anilines is 3. The van der Waals surface area contributed by atoms with Crippen LogP contribution in [0.5, 0.6) is 5.75 Å². The quantitative estimate of drug-likeness (QED) is 0.178. The summed E-state index contributed by atoms with van der Waals surface area (Å²) < 4.78 is 12.4. The van der Waals surface area contributed by atoms with Gasteiger partial charge in [-0.15, -0.1) is 32.9 Å². The number of methoxy groups -OCH3 is 1. The second-order valence-electron chi connectivity index (χ2n) is 9.29. The number of benzene rings is 2. The number of nitrogens with two attached hydrogens (primary N) is 2. The zero-order chi connectivity index (χ0) is 32.5. The van der Waals surface area contributed by atoms with Crippen molar-refractivity contribution in [1.29, 1.82) is 0 Å². The van der Waals surface area contributed by atoms with E-state index in [1.807, 2.05) is 6.07 Å². The fraction of sp³-hybridized carbons (Fsp3) is 0.0357. The normalized spacial score (nSPS) is 10.9. The molecule has 0 saturated carbocycles. The summed E-state index contributed by atoms with van der Waals surface area (Å²) >= 11 is 2.37. The molecule has 7 rings (SSSR count). The van der Waals surface area contributed by atoms with Crippen LogP contribution in [0.15, 0.2) is 84.2 Å². The molecule has 0 aliphatic carbocycles. The molecule has 0 bridgehead atoms. The fourth-order valence-electron chi connectivity index (χ4n) is 4.47. The van der Waals surface area contributed by atoms with Crippen molar-refractivity contribution >= 4 is 66.1 Å². The van der Waals surface area contributed by atoms with Crippen molar-refractivity contribution in [3.8, 4) is 28.7 Å². The number of hydrogen-bond acceptors (Lipinski definition) is 13. The highest BCUT2D eigenvalue weighted by atomic mass is 32.1. The second kappa shape index (κ2) is 12.0. The average Bonchev–Trinajstić information content (AvgIpc) is 3.78. The Morgan fingerprint density at radius 2 is 1.48 bits per heavy atom. The number of carbonyl (C=O) groups is 1. The average molecular weight is 660 g/mol. The lowest BCUT2D eigenvalue weighted by molar-refractivity contribution is 0.209. The van der Waals surface area contributed by atoms with Gasteiger partial charge in [0.2, 0.25) is 0 Å². The largest absolute Gasteiger partial charge is 0.497 e. The fourth-order valence-corrected chi connectivity index (χ4v) is 6.05. The number of nitrogens with zero attached hydrogens (tertiary/aromatic N) is 5. The molecule has 7 N–H and O–H groups in total. The molecule has 0 fully saturated rings. The van der Waals surface area contributed by atoms with E-state index in [2.05, 4.69) is 25.7 Å². The number of carboxylic acid groups (broad SMARTS) is 1. The minimum atomic E-state index is -1.27. The molecule has 0 saturated heterocycles. The summed E-state index contributed by atoms with van der Waals surface area (Å²) in [5.41, 5.74) is 12.3. The molecule has 18 heteroatoms. The van der Waals surface area contributed by atoms with Crippen molar-refractivity contribution in [3.05, 3.63) is 96.6 Å². The third-order valence-corrected chi connectivity index (χ3v) is 8.17. The van der Waals surface area contributed by atoms with Gasteiger partial charge >= 0.3 is 11.8 Å². The summed E-state index contributed by atoms with van der Waals surface area (Å²) in [4.78, 5) is 47.5. The Labute approximate surface area is 263 Å². The molecule has 16 nitrogen and oxygen atoms in total. The van der Waals surface area contributed by atoms with Gasteiger partial charge in [-0.3, -0.25) is 14.9 Å². The van der Waals surface area contributed by atoms with Crippen molar-refractivity contribution < 1.29 is 19.1 Å². The molecule has 232 valence electrons.